The summed E-state index contributed by atoms with van der Waals surface area (Å²) in [4.78, 5) is 17.4. The number of sulfonamides is 2. The highest BCUT2D eigenvalue weighted by atomic mass is 79.9. The summed E-state index contributed by atoms with van der Waals surface area (Å²) in [6.45, 7) is 8.16. The molecule has 0 unspecified atom stereocenters. The van der Waals surface area contributed by atoms with E-state index >= 15 is 0 Å². The van der Waals surface area contributed by atoms with Crippen LogP contribution < -0.4 is 14.1 Å². The predicted molar refractivity (Wildman–Crippen MR) is 240 cm³/mol. The molecule has 0 aliphatic carbocycles. The maximum atomic E-state index is 12.6. The van der Waals surface area contributed by atoms with Crippen molar-refractivity contribution in [2.75, 3.05) is 22.7 Å². The molecule has 3 aliphatic rings. The molecule has 1 fully saturated rings. The molecule has 0 aromatic carbocycles. The van der Waals surface area contributed by atoms with Gasteiger partial charge in [0.05, 0.1) is 70.6 Å². The molecule has 64 heavy (non-hydrogen) atoms. The Morgan fingerprint density at radius 2 is 1.16 bits per heavy atom. The van der Waals surface area contributed by atoms with E-state index in [0.29, 0.717) is 44.4 Å². The summed E-state index contributed by atoms with van der Waals surface area (Å²) in [5, 5.41) is 21.8. The number of anilines is 2. The summed E-state index contributed by atoms with van der Waals surface area (Å²) in [5.41, 5.74) is 6.42. The molecule has 0 spiro atoms. The molecule has 24 heteroatoms. The van der Waals surface area contributed by atoms with Crippen molar-refractivity contribution in [2.24, 2.45) is 0 Å². The predicted octanol–water partition coefficient (Wildman–Crippen LogP) is 4.80. The number of hydrogen-bond donors (Lipinski definition) is 2. The van der Waals surface area contributed by atoms with Crippen LogP contribution in [0.15, 0.2) is 125 Å². The van der Waals surface area contributed by atoms with E-state index in [1.165, 1.54) is 35.1 Å². The van der Waals surface area contributed by atoms with Crippen LogP contribution in [0.4, 0.5) is 11.4 Å². The Hall–Kier alpha value is -6.60. The molecule has 11 rings (SSSR count). The van der Waals surface area contributed by atoms with Crippen molar-refractivity contribution in [3.8, 4) is 45.4 Å². The van der Waals surface area contributed by atoms with Crippen LogP contribution in [0.2, 0.25) is 0 Å². The Bertz CT molecular complexity index is 3230. The third-order valence-electron chi connectivity index (χ3n) is 11.2. The average Bonchev–Trinajstić information content (AvgIpc) is 4.14. The van der Waals surface area contributed by atoms with E-state index in [4.69, 9.17) is 9.31 Å². The van der Waals surface area contributed by atoms with Crippen LogP contribution >= 0.6 is 15.9 Å². The average molecular weight is 966 g/mol. The first-order valence-corrected chi connectivity index (χ1v) is 23.1. The van der Waals surface area contributed by atoms with Crippen molar-refractivity contribution in [2.45, 2.75) is 48.7 Å². The summed E-state index contributed by atoms with van der Waals surface area (Å²) in [6.07, 6.45) is 16.8. The van der Waals surface area contributed by atoms with Gasteiger partial charge in [-0.15, -0.1) is 0 Å². The second kappa shape index (κ2) is 15.9. The van der Waals surface area contributed by atoms with Crippen LogP contribution in [-0.2, 0) is 29.4 Å². The smallest absolute Gasteiger partial charge is 0.399 e. The van der Waals surface area contributed by atoms with Crippen molar-refractivity contribution in [3.05, 3.63) is 115 Å². The second-order valence-corrected chi connectivity index (χ2v) is 20.3. The van der Waals surface area contributed by atoms with E-state index in [9.17, 15) is 16.8 Å². The van der Waals surface area contributed by atoms with Crippen molar-refractivity contribution in [1.29, 1.82) is 0 Å². The van der Waals surface area contributed by atoms with Crippen LogP contribution in [0.5, 0.6) is 0 Å². The standard InChI is InChI=1S/C17H13N7O2S.C14H18BN3O2.C9H7BrN4O2S/c1-23-14-5-4-13(11-7-20-24(10-11)12-3-2-6-18-8-12)21-16(14)17-15(9-19-22-17)27(23,25)26;1-13(2)14(3,4)20-15(19-13)11-8-17-18(10-11)12-6-5-7-16-9-12;1-14-5-2-3-7(10)12-8(5)9-6(4-11-13-9)17(14,15)16/h2-10H,1H3,(H,19,22);5-10H,1-4H3;2-4H,1H3,(H,11,13). The van der Waals surface area contributed by atoms with Crippen LogP contribution in [0.3, 0.4) is 0 Å². The number of aromatic amines is 2. The van der Waals surface area contributed by atoms with Gasteiger partial charge in [-0.25, -0.2) is 36.2 Å². The van der Waals surface area contributed by atoms with Crippen molar-refractivity contribution < 1.29 is 26.1 Å². The Labute approximate surface area is 376 Å². The number of nitrogens with one attached hydrogen (secondary N) is 2. The van der Waals surface area contributed by atoms with E-state index in [-0.39, 0.29) is 28.1 Å². The van der Waals surface area contributed by atoms with Crippen LogP contribution in [0, 0.1) is 0 Å². The maximum absolute atomic E-state index is 12.6. The third-order valence-corrected chi connectivity index (χ3v) is 15.2. The number of fused-ring (bicyclic) bond motifs is 6. The van der Waals surface area contributed by atoms with E-state index in [2.05, 4.69) is 66.5 Å². The minimum absolute atomic E-state index is 0.119. The van der Waals surface area contributed by atoms with Gasteiger partial charge in [-0.1, -0.05) is 0 Å². The molecule has 3 aliphatic heterocycles. The molecule has 1 saturated heterocycles. The van der Waals surface area contributed by atoms with Crippen LogP contribution in [0.25, 0.3) is 45.4 Å². The largest absolute Gasteiger partial charge is 0.498 e. The molecule has 326 valence electrons. The van der Waals surface area contributed by atoms with Gasteiger partial charge in [-0.05, 0) is 92.2 Å². The lowest BCUT2D eigenvalue weighted by Crippen LogP contribution is -2.41. The number of rotatable bonds is 4. The van der Waals surface area contributed by atoms with Crippen molar-refractivity contribution in [1.82, 2.24) is 59.9 Å². The molecule has 0 amide bonds. The monoisotopic (exact) mass is 964 g/mol. The van der Waals surface area contributed by atoms with Gasteiger partial charge in [-0.2, -0.15) is 20.4 Å². The maximum Gasteiger partial charge on any atom is 0.498 e. The lowest BCUT2D eigenvalue weighted by Gasteiger charge is -2.32. The molecular weight excluding hydrogens is 927 g/mol. The zero-order valence-electron chi connectivity index (χ0n) is 35.0. The van der Waals surface area contributed by atoms with Gasteiger partial charge in [0, 0.05) is 56.1 Å². The lowest BCUT2D eigenvalue weighted by molar-refractivity contribution is 0.00578. The molecule has 8 aromatic heterocycles. The van der Waals surface area contributed by atoms with E-state index in [0.717, 1.165) is 22.4 Å². The second-order valence-electron chi connectivity index (χ2n) is 15.6. The van der Waals surface area contributed by atoms with Crippen molar-refractivity contribution >= 4 is 59.9 Å². The number of halogens is 1. The molecular formula is C40H38BBrN14O6S2. The molecule has 2 N–H and O–H groups in total. The minimum Gasteiger partial charge on any atom is -0.399 e. The van der Waals surface area contributed by atoms with Crippen LogP contribution in [-0.4, -0.2) is 109 Å². The van der Waals surface area contributed by atoms with Gasteiger partial charge in [-0.3, -0.25) is 28.8 Å². The van der Waals surface area contributed by atoms with Gasteiger partial charge in [0.2, 0.25) is 0 Å². The van der Waals surface area contributed by atoms with Gasteiger partial charge in [0.1, 0.15) is 37.2 Å². The number of nitrogens with zero attached hydrogens (tertiary/aromatic N) is 12. The SMILES string of the molecule is CC1(C)OB(c2cnn(-c3cccnc3)c2)OC1(C)C.CN1c2ccc(-c3cnn(-c4cccnc4)c3)nc2-c2[nH]ncc2S1(=O)=O.CN1c2ccc(Br)nc2-c2[nH]ncc2S1(=O)=O. The minimum atomic E-state index is -3.62. The highest BCUT2D eigenvalue weighted by Crippen LogP contribution is 2.42. The highest BCUT2D eigenvalue weighted by molar-refractivity contribution is 9.10. The Kier molecular flexibility index (Phi) is 10.6. The third kappa shape index (κ3) is 7.45. The summed E-state index contributed by atoms with van der Waals surface area (Å²) in [6, 6.07) is 14.5. The number of hydrogen-bond acceptors (Lipinski definition) is 14. The number of H-pyrrole nitrogens is 2. The van der Waals surface area contributed by atoms with E-state index in [1.54, 1.807) is 70.8 Å². The normalized spacial score (nSPS) is 16.9. The van der Waals surface area contributed by atoms with Gasteiger partial charge < -0.3 is 9.31 Å². The highest BCUT2D eigenvalue weighted by Gasteiger charge is 2.52. The zero-order valence-corrected chi connectivity index (χ0v) is 38.2. The lowest BCUT2D eigenvalue weighted by atomic mass is 9.82. The van der Waals surface area contributed by atoms with E-state index in [1.807, 2.05) is 64.4 Å². The summed E-state index contributed by atoms with van der Waals surface area (Å²) < 4.78 is 68.0. The zero-order chi connectivity index (χ0) is 45.2. The first-order chi connectivity index (χ1) is 30.5. The molecule has 8 aromatic rings. The first-order valence-electron chi connectivity index (χ1n) is 19.5. The summed E-state index contributed by atoms with van der Waals surface area (Å²) >= 11 is 3.27. The molecule has 11 heterocycles. The Morgan fingerprint density at radius 1 is 0.641 bits per heavy atom. The number of pyridine rings is 4. The van der Waals surface area contributed by atoms with Crippen molar-refractivity contribution in [3.63, 3.8) is 0 Å². The first kappa shape index (κ1) is 42.7. The van der Waals surface area contributed by atoms with Gasteiger partial charge in [0.15, 0.2) is 0 Å². The molecule has 0 radical (unpaired) electrons. The van der Waals surface area contributed by atoms with Crippen LogP contribution in [0.1, 0.15) is 27.7 Å². The topological polar surface area (TPSA) is 238 Å². The molecule has 0 saturated carbocycles. The van der Waals surface area contributed by atoms with Gasteiger partial charge >= 0.3 is 7.12 Å². The Morgan fingerprint density at radius 3 is 1.70 bits per heavy atom. The fourth-order valence-corrected chi connectivity index (χ4v) is 9.79. The quantitative estimate of drug-likeness (QED) is 0.178. The van der Waals surface area contributed by atoms with Gasteiger partial charge in [0.25, 0.3) is 20.0 Å². The number of aromatic nitrogens is 12. The summed E-state index contributed by atoms with van der Waals surface area (Å²) in [5.74, 6) is 0. The molecule has 20 nitrogen and oxygen atoms in total. The molecule has 0 bridgehead atoms. The fourth-order valence-electron chi connectivity index (χ4n) is 6.90. The fraction of sp³-hybridized carbons (Fsp3) is 0.200. The molecule has 0 atom stereocenters. The summed E-state index contributed by atoms with van der Waals surface area (Å²) in [7, 11) is -4.52. The van der Waals surface area contributed by atoms with E-state index < -0.39 is 20.0 Å². The Balaban J connectivity index is 0.000000125.